The monoisotopic (exact) mass is 180 g/mol. The van der Waals surface area contributed by atoms with Crippen molar-refractivity contribution in [3.63, 3.8) is 0 Å². The van der Waals surface area contributed by atoms with Gasteiger partial charge in [-0.05, 0) is 12.1 Å². The molecular formula is C9H9ClN2. The number of hydrogen-bond acceptors (Lipinski definition) is 2. The molecule has 0 fully saturated rings. The van der Waals surface area contributed by atoms with Crippen molar-refractivity contribution < 1.29 is 0 Å². The maximum Gasteiger partial charge on any atom is 0.0839 e. The van der Waals surface area contributed by atoms with Crippen molar-refractivity contribution in [2.75, 3.05) is 17.3 Å². The van der Waals surface area contributed by atoms with Crippen LogP contribution in [0, 0.1) is 11.8 Å². The van der Waals surface area contributed by atoms with E-state index in [2.05, 4.69) is 11.8 Å². The van der Waals surface area contributed by atoms with Gasteiger partial charge in [-0.2, -0.15) is 0 Å². The lowest BCUT2D eigenvalue weighted by atomic mass is 10.1. The number of rotatable bonds is 0. The highest BCUT2D eigenvalue weighted by atomic mass is 35.5. The number of benzene rings is 1. The van der Waals surface area contributed by atoms with Crippen LogP contribution in [0.5, 0.6) is 0 Å². The van der Waals surface area contributed by atoms with Crippen LogP contribution in [0.15, 0.2) is 18.2 Å². The van der Waals surface area contributed by atoms with Gasteiger partial charge in [-0.15, -0.1) is 11.6 Å². The summed E-state index contributed by atoms with van der Waals surface area (Å²) in [7, 11) is 0. The first-order valence-electron chi connectivity index (χ1n) is 3.44. The number of nitrogens with two attached hydrogens (primary N) is 2. The molecule has 1 aromatic carbocycles. The second-order valence-corrected chi connectivity index (χ2v) is 2.51. The van der Waals surface area contributed by atoms with E-state index >= 15 is 0 Å². The molecule has 1 rings (SSSR count). The van der Waals surface area contributed by atoms with Gasteiger partial charge in [0.1, 0.15) is 0 Å². The maximum atomic E-state index is 5.65. The van der Waals surface area contributed by atoms with Crippen molar-refractivity contribution in [1.29, 1.82) is 0 Å². The lowest BCUT2D eigenvalue weighted by molar-refractivity contribution is 1.61. The molecule has 1 aromatic rings. The van der Waals surface area contributed by atoms with E-state index in [1.807, 2.05) is 12.1 Å². The van der Waals surface area contributed by atoms with E-state index in [9.17, 15) is 0 Å². The third-order valence-corrected chi connectivity index (χ3v) is 1.56. The predicted molar refractivity (Wildman–Crippen MR) is 52.9 cm³/mol. The Balaban J connectivity index is 3.08. The zero-order valence-corrected chi connectivity index (χ0v) is 7.23. The van der Waals surface area contributed by atoms with Crippen LogP contribution in [0.4, 0.5) is 11.4 Å². The molecule has 0 saturated heterocycles. The molecule has 0 heterocycles. The second kappa shape index (κ2) is 3.89. The first kappa shape index (κ1) is 8.76. The van der Waals surface area contributed by atoms with E-state index in [4.69, 9.17) is 23.1 Å². The van der Waals surface area contributed by atoms with Crippen molar-refractivity contribution in [1.82, 2.24) is 0 Å². The van der Waals surface area contributed by atoms with Crippen LogP contribution in [0.2, 0.25) is 0 Å². The minimum Gasteiger partial charge on any atom is -0.397 e. The number of alkyl halides is 1. The summed E-state index contributed by atoms with van der Waals surface area (Å²) in [6.07, 6.45) is 0. The number of nitrogen functional groups attached to an aromatic ring is 2. The van der Waals surface area contributed by atoms with Crippen LogP contribution < -0.4 is 11.5 Å². The second-order valence-electron chi connectivity index (χ2n) is 2.24. The Labute approximate surface area is 76.5 Å². The van der Waals surface area contributed by atoms with Gasteiger partial charge in [0.05, 0.1) is 17.3 Å². The molecule has 3 heteroatoms. The topological polar surface area (TPSA) is 52.0 Å². The third kappa shape index (κ3) is 1.84. The van der Waals surface area contributed by atoms with Gasteiger partial charge in [-0.3, -0.25) is 0 Å². The van der Waals surface area contributed by atoms with E-state index in [-0.39, 0.29) is 0 Å². The molecule has 0 amide bonds. The van der Waals surface area contributed by atoms with Crippen LogP contribution in [0.3, 0.4) is 0 Å². The summed E-state index contributed by atoms with van der Waals surface area (Å²) in [5, 5.41) is 0. The lowest BCUT2D eigenvalue weighted by Crippen LogP contribution is -1.96. The molecule has 0 saturated carbocycles. The Morgan fingerprint density at radius 1 is 1.33 bits per heavy atom. The molecule has 0 bridgehead atoms. The molecule has 0 radical (unpaired) electrons. The van der Waals surface area contributed by atoms with Gasteiger partial charge in [0.15, 0.2) is 0 Å². The molecule has 0 aliphatic rings. The Kier molecular flexibility index (Phi) is 2.84. The molecule has 0 atom stereocenters. The van der Waals surface area contributed by atoms with Gasteiger partial charge in [-0.25, -0.2) is 0 Å². The fraction of sp³-hybridized carbons (Fsp3) is 0.111. The summed E-state index contributed by atoms with van der Waals surface area (Å²) in [6, 6.07) is 5.36. The molecule has 62 valence electrons. The molecule has 0 aliphatic heterocycles. The molecule has 2 nitrogen and oxygen atoms in total. The van der Waals surface area contributed by atoms with Crippen molar-refractivity contribution in [3.05, 3.63) is 23.8 Å². The van der Waals surface area contributed by atoms with Crippen molar-refractivity contribution >= 4 is 23.0 Å². The average Bonchev–Trinajstić information content (AvgIpc) is 2.08. The Bertz CT molecular complexity index is 336. The quantitative estimate of drug-likeness (QED) is 0.361. The zero-order chi connectivity index (χ0) is 8.97. The standard InChI is InChI=1S/C9H9ClN2/c10-6-2-4-7-3-1-5-8(11)9(7)12/h1,3,5H,6,11-12H2. The summed E-state index contributed by atoms with van der Waals surface area (Å²) in [4.78, 5) is 0. The molecule has 0 aliphatic carbocycles. The smallest absolute Gasteiger partial charge is 0.0839 e. The fourth-order valence-electron chi connectivity index (χ4n) is 0.821. The van der Waals surface area contributed by atoms with E-state index in [0.717, 1.165) is 5.56 Å². The van der Waals surface area contributed by atoms with Gasteiger partial charge in [0, 0.05) is 5.56 Å². The van der Waals surface area contributed by atoms with Crippen LogP contribution in [-0.4, -0.2) is 5.88 Å². The van der Waals surface area contributed by atoms with Gasteiger partial charge in [-0.1, -0.05) is 17.9 Å². The summed E-state index contributed by atoms with van der Waals surface area (Å²) in [5.41, 5.74) is 13.0. The van der Waals surface area contributed by atoms with Crippen molar-refractivity contribution in [2.24, 2.45) is 0 Å². The van der Waals surface area contributed by atoms with Gasteiger partial charge < -0.3 is 11.5 Å². The van der Waals surface area contributed by atoms with Crippen LogP contribution in [0.1, 0.15) is 5.56 Å². The Morgan fingerprint density at radius 3 is 2.75 bits per heavy atom. The first-order chi connectivity index (χ1) is 5.75. The number of halogens is 1. The number of anilines is 2. The minimum atomic E-state index is 0.300. The van der Waals surface area contributed by atoms with Crippen LogP contribution in [0.25, 0.3) is 0 Å². The Morgan fingerprint density at radius 2 is 2.08 bits per heavy atom. The van der Waals surface area contributed by atoms with Gasteiger partial charge in [0.2, 0.25) is 0 Å². The number of hydrogen-bond donors (Lipinski definition) is 2. The molecule has 0 unspecified atom stereocenters. The molecule has 0 spiro atoms. The summed E-state index contributed by atoms with van der Waals surface area (Å²) >= 11 is 5.40. The summed E-state index contributed by atoms with van der Waals surface area (Å²) in [6.45, 7) is 0. The Hall–Kier alpha value is -1.33. The maximum absolute atomic E-state index is 5.65. The van der Waals surface area contributed by atoms with Crippen molar-refractivity contribution in [3.8, 4) is 11.8 Å². The van der Waals surface area contributed by atoms with E-state index in [1.165, 1.54) is 0 Å². The first-order valence-corrected chi connectivity index (χ1v) is 3.98. The molecule has 12 heavy (non-hydrogen) atoms. The zero-order valence-electron chi connectivity index (χ0n) is 6.47. The highest BCUT2D eigenvalue weighted by Gasteiger charge is 1.97. The minimum absolute atomic E-state index is 0.300. The lowest BCUT2D eigenvalue weighted by Gasteiger charge is -2.00. The highest BCUT2D eigenvalue weighted by molar-refractivity contribution is 6.19. The molecule has 0 aromatic heterocycles. The molecule has 4 N–H and O–H groups in total. The van der Waals surface area contributed by atoms with Crippen molar-refractivity contribution in [2.45, 2.75) is 0 Å². The van der Waals surface area contributed by atoms with E-state index in [1.54, 1.807) is 6.07 Å². The predicted octanol–water partition coefficient (Wildman–Crippen LogP) is 1.44. The van der Waals surface area contributed by atoms with E-state index < -0.39 is 0 Å². The largest absolute Gasteiger partial charge is 0.397 e. The van der Waals surface area contributed by atoms with Gasteiger partial charge in [0.25, 0.3) is 0 Å². The van der Waals surface area contributed by atoms with E-state index in [0.29, 0.717) is 17.3 Å². The van der Waals surface area contributed by atoms with Gasteiger partial charge >= 0.3 is 0 Å². The third-order valence-electron chi connectivity index (χ3n) is 1.43. The normalized spacial score (nSPS) is 8.75. The highest BCUT2D eigenvalue weighted by Crippen LogP contribution is 2.17. The van der Waals surface area contributed by atoms with Crippen LogP contribution >= 0.6 is 11.6 Å². The summed E-state index contributed by atoms with van der Waals surface area (Å²) in [5.74, 6) is 5.83. The SMILES string of the molecule is Nc1cccc(C#CCCl)c1N. The van der Waals surface area contributed by atoms with Crippen LogP contribution in [-0.2, 0) is 0 Å². The molecular weight excluding hydrogens is 172 g/mol. The average molecular weight is 181 g/mol. The number of para-hydroxylation sites is 1. The summed E-state index contributed by atoms with van der Waals surface area (Å²) < 4.78 is 0. The fourth-order valence-corrected chi connectivity index (χ4v) is 0.888.